The summed E-state index contributed by atoms with van der Waals surface area (Å²) in [4.78, 5) is 0. The number of benzene rings is 1. The smallest absolute Gasteiger partial charge is 0.0752 e. The van der Waals surface area contributed by atoms with Crippen LogP contribution < -0.4 is 5.73 Å². The first kappa shape index (κ1) is 11.5. The lowest BCUT2D eigenvalue weighted by atomic mass is 10.1. The van der Waals surface area contributed by atoms with Crippen LogP contribution in [0.2, 0.25) is 5.02 Å². The maximum absolute atomic E-state index is 5.77. The molecule has 0 bridgehead atoms. The number of nitrogens with two attached hydrogens (primary N) is 1. The predicted octanol–water partition coefficient (Wildman–Crippen LogP) is 2.59. The van der Waals surface area contributed by atoms with Crippen molar-refractivity contribution >= 4 is 11.6 Å². The largest absolute Gasteiger partial charge is 0.370 e. The predicted molar refractivity (Wildman–Crippen MR) is 59.4 cm³/mol. The second-order valence-corrected chi connectivity index (χ2v) is 4.32. The Bertz CT molecular complexity index is 282. The summed E-state index contributed by atoms with van der Waals surface area (Å²) < 4.78 is 5.64. The zero-order valence-corrected chi connectivity index (χ0v) is 9.34. The van der Waals surface area contributed by atoms with Crippen molar-refractivity contribution < 1.29 is 4.74 Å². The van der Waals surface area contributed by atoms with E-state index in [0.29, 0.717) is 13.2 Å². The van der Waals surface area contributed by atoms with Crippen molar-refractivity contribution in [3.8, 4) is 0 Å². The van der Waals surface area contributed by atoms with Crippen molar-refractivity contribution in [1.29, 1.82) is 0 Å². The summed E-state index contributed by atoms with van der Waals surface area (Å²) in [6.45, 7) is 5.04. The first-order chi connectivity index (χ1) is 6.53. The van der Waals surface area contributed by atoms with Crippen LogP contribution in [-0.4, -0.2) is 12.1 Å². The monoisotopic (exact) mass is 213 g/mol. The second-order valence-electron chi connectivity index (χ2n) is 3.88. The zero-order valence-electron chi connectivity index (χ0n) is 8.59. The first-order valence-electron chi connectivity index (χ1n) is 4.62. The van der Waals surface area contributed by atoms with Crippen LogP contribution in [0.1, 0.15) is 19.4 Å². The van der Waals surface area contributed by atoms with Crippen molar-refractivity contribution in [3.63, 3.8) is 0 Å². The van der Waals surface area contributed by atoms with Crippen LogP contribution in [-0.2, 0) is 11.3 Å². The van der Waals surface area contributed by atoms with E-state index in [-0.39, 0.29) is 5.60 Å². The lowest BCUT2D eigenvalue weighted by molar-refractivity contribution is -0.0221. The van der Waals surface area contributed by atoms with Crippen LogP contribution in [0.5, 0.6) is 0 Å². The third kappa shape index (κ3) is 3.66. The fourth-order valence-electron chi connectivity index (χ4n) is 0.918. The lowest BCUT2D eigenvalue weighted by Crippen LogP contribution is -2.33. The van der Waals surface area contributed by atoms with E-state index in [9.17, 15) is 0 Å². The highest BCUT2D eigenvalue weighted by molar-refractivity contribution is 6.30. The molecule has 0 amide bonds. The van der Waals surface area contributed by atoms with E-state index in [4.69, 9.17) is 22.1 Å². The van der Waals surface area contributed by atoms with Gasteiger partial charge in [-0.15, -0.1) is 0 Å². The van der Waals surface area contributed by atoms with Crippen LogP contribution in [0, 0.1) is 0 Å². The molecule has 1 rings (SSSR count). The quantitative estimate of drug-likeness (QED) is 0.835. The second kappa shape index (κ2) is 4.78. The van der Waals surface area contributed by atoms with Gasteiger partial charge in [0.2, 0.25) is 0 Å². The fourth-order valence-corrected chi connectivity index (χ4v) is 1.04. The molecule has 0 radical (unpaired) electrons. The lowest BCUT2D eigenvalue weighted by Gasteiger charge is -2.23. The summed E-state index contributed by atoms with van der Waals surface area (Å²) in [5, 5.41) is 0.742. The molecule has 0 fully saturated rings. The van der Waals surface area contributed by atoms with Gasteiger partial charge in [-0.25, -0.2) is 0 Å². The number of hydrogen-bond donors (Lipinski definition) is 1. The van der Waals surface area contributed by atoms with Crippen LogP contribution in [0.3, 0.4) is 0 Å². The molecule has 3 heteroatoms. The van der Waals surface area contributed by atoms with E-state index in [0.717, 1.165) is 10.6 Å². The van der Waals surface area contributed by atoms with Gasteiger partial charge in [-0.05, 0) is 31.5 Å². The van der Waals surface area contributed by atoms with Gasteiger partial charge < -0.3 is 10.5 Å². The van der Waals surface area contributed by atoms with Gasteiger partial charge in [-0.2, -0.15) is 0 Å². The molecule has 0 aliphatic carbocycles. The molecule has 0 saturated heterocycles. The van der Waals surface area contributed by atoms with Crippen molar-refractivity contribution in [1.82, 2.24) is 0 Å². The number of rotatable bonds is 4. The van der Waals surface area contributed by atoms with Gasteiger partial charge >= 0.3 is 0 Å². The van der Waals surface area contributed by atoms with Gasteiger partial charge in [0.05, 0.1) is 12.2 Å². The molecular formula is C11H16ClNO. The number of hydrogen-bond acceptors (Lipinski definition) is 2. The molecule has 1 aromatic carbocycles. The van der Waals surface area contributed by atoms with Crippen LogP contribution in [0.4, 0.5) is 0 Å². The molecule has 0 atom stereocenters. The molecule has 0 saturated carbocycles. The normalized spacial score (nSPS) is 11.7. The topological polar surface area (TPSA) is 35.2 Å². The standard InChI is InChI=1S/C11H16ClNO/c1-11(2,8-13)14-7-9-3-5-10(12)6-4-9/h3-6H,7-8,13H2,1-2H3. The van der Waals surface area contributed by atoms with Crippen molar-refractivity contribution in [2.45, 2.75) is 26.1 Å². The Labute approximate surface area is 90.0 Å². The minimum atomic E-state index is -0.264. The molecule has 0 spiro atoms. The third-order valence-electron chi connectivity index (χ3n) is 2.03. The summed E-state index contributed by atoms with van der Waals surface area (Å²) in [5.41, 5.74) is 6.39. The molecule has 0 unspecified atom stereocenters. The summed E-state index contributed by atoms with van der Waals surface area (Å²) in [7, 11) is 0. The summed E-state index contributed by atoms with van der Waals surface area (Å²) in [6.07, 6.45) is 0. The van der Waals surface area contributed by atoms with Crippen molar-refractivity contribution in [3.05, 3.63) is 34.9 Å². The highest BCUT2D eigenvalue weighted by Crippen LogP contribution is 2.14. The molecule has 1 aromatic rings. The Morgan fingerprint density at radius 3 is 2.36 bits per heavy atom. The fraction of sp³-hybridized carbons (Fsp3) is 0.455. The molecule has 0 aliphatic heterocycles. The van der Waals surface area contributed by atoms with Gasteiger partial charge in [0.15, 0.2) is 0 Å². The average molecular weight is 214 g/mol. The van der Waals surface area contributed by atoms with E-state index >= 15 is 0 Å². The van der Waals surface area contributed by atoms with E-state index < -0.39 is 0 Å². The van der Waals surface area contributed by atoms with Gasteiger partial charge in [0.1, 0.15) is 0 Å². The third-order valence-corrected chi connectivity index (χ3v) is 2.29. The number of ether oxygens (including phenoxy) is 1. The molecule has 14 heavy (non-hydrogen) atoms. The number of halogens is 1. The molecular weight excluding hydrogens is 198 g/mol. The highest BCUT2D eigenvalue weighted by atomic mass is 35.5. The maximum atomic E-state index is 5.77. The maximum Gasteiger partial charge on any atom is 0.0752 e. The summed E-state index contributed by atoms with van der Waals surface area (Å²) in [6, 6.07) is 7.62. The van der Waals surface area contributed by atoms with Crippen molar-refractivity contribution in [2.24, 2.45) is 5.73 Å². The summed E-state index contributed by atoms with van der Waals surface area (Å²) in [5.74, 6) is 0. The van der Waals surface area contributed by atoms with Crippen LogP contribution in [0.15, 0.2) is 24.3 Å². The van der Waals surface area contributed by atoms with Crippen LogP contribution in [0.25, 0.3) is 0 Å². The highest BCUT2D eigenvalue weighted by Gasteiger charge is 2.15. The Morgan fingerprint density at radius 2 is 1.86 bits per heavy atom. The SMILES string of the molecule is CC(C)(CN)OCc1ccc(Cl)cc1. The molecule has 0 heterocycles. The van der Waals surface area contributed by atoms with E-state index in [2.05, 4.69) is 0 Å². The molecule has 78 valence electrons. The molecule has 2 nitrogen and oxygen atoms in total. The Balaban J connectivity index is 2.50. The van der Waals surface area contributed by atoms with E-state index in [1.165, 1.54) is 0 Å². The van der Waals surface area contributed by atoms with Crippen LogP contribution >= 0.6 is 11.6 Å². The molecule has 0 aliphatic rings. The minimum Gasteiger partial charge on any atom is -0.370 e. The zero-order chi connectivity index (χ0) is 10.6. The van der Waals surface area contributed by atoms with Gasteiger partial charge in [0.25, 0.3) is 0 Å². The average Bonchev–Trinajstić information content (AvgIpc) is 2.17. The Kier molecular flexibility index (Phi) is 3.93. The van der Waals surface area contributed by atoms with Gasteiger partial charge in [-0.1, -0.05) is 23.7 Å². The van der Waals surface area contributed by atoms with Gasteiger partial charge in [-0.3, -0.25) is 0 Å². The Morgan fingerprint density at radius 1 is 1.29 bits per heavy atom. The first-order valence-corrected chi connectivity index (χ1v) is 5.00. The molecule has 2 N–H and O–H groups in total. The Hall–Kier alpha value is -0.570. The minimum absolute atomic E-state index is 0.264. The summed E-state index contributed by atoms with van der Waals surface area (Å²) >= 11 is 5.77. The van der Waals surface area contributed by atoms with E-state index in [1.54, 1.807) is 0 Å². The molecule has 0 aromatic heterocycles. The van der Waals surface area contributed by atoms with Gasteiger partial charge in [0, 0.05) is 11.6 Å². The van der Waals surface area contributed by atoms with E-state index in [1.807, 2.05) is 38.1 Å². The van der Waals surface area contributed by atoms with Crippen molar-refractivity contribution in [2.75, 3.05) is 6.54 Å².